The monoisotopic (exact) mass is 422 g/mol. The normalized spacial score (nSPS) is 19.3. The van der Waals surface area contributed by atoms with Gasteiger partial charge in [-0.1, -0.05) is 41.9 Å². The van der Waals surface area contributed by atoms with E-state index in [9.17, 15) is 0 Å². The Morgan fingerprint density at radius 2 is 1.28 bits per heavy atom. The first-order valence-corrected chi connectivity index (χ1v) is 6.47. The number of allylic oxidation sites excluding steroid dienone is 8. The van der Waals surface area contributed by atoms with E-state index in [0.29, 0.717) is 0 Å². The molecule has 0 atom stereocenters. The molecule has 0 unspecified atom stereocenters. The van der Waals surface area contributed by atoms with Crippen LogP contribution in [0.25, 0.3) is 0 Å². The van der Waals surface area contributed by atoms with Gasteiger partial charge in [-0.2, -0.15) is 0 Å². The molecule has 1 heteroatoms. The third-order valence-electron chi connectivity index (χ3n) is 4.03. The molecule has 0 spiro atoms. The average Bonchev–Trinajstić information content (AvgIpc) is 2.49. The maximum absolute atomic E-state index is 2.20. The van der Waals surface area contributed by atoms with Crippen LogP contribution >= 0.6 is 0 Å². The molecule has 2 rings (SSSR count). The molecule has 0 nitrogen and oxygen atoms in total. The van der Waals surface area contributed by atoms with E-state index in [4.69, 9.17) is 0 Å². The van der Waals surface area contributed by atoms with Crippen molar-refractivity contribution in [3.05, 3.63) is 52.0 Å². The number of hydrogen-bond donors (Lipinski definition) is 0. The minimum absolute atomic E-state index is 0. The largest absolute Gasteiger partial charge is 0.0842 e. The number of rotatable bonds is 0. The van der Waals surface area contributed by atoms with Gasteiger partial charge in [0.05, 0.1) is 0 Å². The molecule has 2 aliphatic carbocycles. The summed E-state index contributed by atoms with van der Waals surface area (Å²) in [6, 6.07) is 0. The zero-order valence-corrected chi connectivity index (χ0v) is 14.9. The van der Waals surface area contributed by atoms with Gasteiger partial charge in [0.2, 0.25) is 0 Å². The molecule has 0 aromatic heterocycles. The molecule has 0 amide bonds. The molecule has 0 aromatic rings. The molecule has 0 saturated heterocycles. The maximum Gasteiger partial charge on any atom is 0.0226 e. The summed E-state index contributed by atoms with van der Waals surface area (Å²) in [4.78, 5) is 0. The van der Waals surface area contributed by atoms with Crippen LogP contribution in [0.2, 0.25) is 0 Å². The SMILES string of the molecule is CC1=CC=CCC1.C[C]1C(C)=C(C)C(C)=C1C.[Ir]. The van der Waals surface area contributed by atoms with Crippen LogP contribution in [0.15, 0.2) is 46.1 Å². The van der Waals surface area contributed by atoms with Gasteiger partial charge >= 0.3 is 0 Å². The van der Waals surface area contributed by atoms with E-state index in [0.717, 1.165) is 0 Å². The fraction of sp³-hybridized carbons (Fsp3) is 0.471. The van der Waals surface area contributed by atoms with Crippen LogP contribution in [-0.4, -0.2) is 0 Å². The molecule has 18 heavy (non-hydrogen) atoms. The summed E-state index contributed by atoms with van der Waals surface area (Å²) in [6.07, 6.45) is 8.99. The predicted octanol–water partition coefficient (Wildman–Crippen LogP) is 5.55. The maximum atomic E-state index is 2.20. The first-order valence-electron chi connectivity index (χ1n) is 6.47. The Bertz CT molecular complexity index is 381. The molecule has 0 bridgehead atoms. The molecule has 2 radical (unpaired) electrons. The van der Waals surface area contributed by atoms with Gasteiger partial charge in [-0.05, 0) is 58.6 Å². The van der Waals surface area contributed by atoms with Crippen molar-refractivity contribution in [3.8, 4) is 0 Å². The van der Waals surface area contributed by atoms with Crippen LogP contribution in [-0.2, 0) is 20.1 Å². The van der Waals surface area contributed by atoms with Gasteiger partial charge in [-0.3, -0.25) is 0 Å². The minimum Gasteiger partial charge on any atom is -0.0842 e. The molecule has 0 heterocycles. The van der Waals surface area contributed by atoms with Crippen molar-refractivity contribution in [2.75, 3.05) is 0 Å². The third-order valence-corrected chi connectivity index (χ3v) is 4.03. The second-order valence-electron chi connectivity index (χ2n) is 5.10. The zero-order chi connectivity index (χ0) is 13.0. The first-order chi connectivity index (χ1) is 7.95. The first kappa shape index (κ1) is 17.6. The van der Waals surface area contributed by atoms with E-state index >= 15 is 0 Å². The summed E-state index contributed by atoms with van der Waals surface area (Å²) < 4.78 is 0. The van der Waals surface area contributed by atoms with E-state index in [1.54, 1.807) is 0 Å². The molecule has 0 saturated carbocycles. The molecule has 2 aliphatic rings. The Morgan fingerprint density at radius 1 is 0.778 bits per heavy atom. The molecule has 0 fully saturated rings. The van der Waals surface area contributed by atoms with E-state index < -0.39 is 0 Å². The van der Waals surface area contributed by atoms with Gasteiger partial charge in [0.25, 0.3) is 0 Å². The summed E-state index contributed by atoms with van der Waals surface area (Å²) in [5.74, 6) is 1.47. The van der Waals surface area contributed by atoms with Crippen LogP contribution in [0, 0.1) is 5.92 Å². The molecular formula is C17H25Ir. The standard InChI is InChI=1S/C10H15.C7H10.Ir/c1-6-7(2)9(4)10(5)8(6)3;1-7-5-3-2-4-6-7;/h1-5H3;2-3,5H,4,6H2,1H3;. The number of hydrogen-bond acceptors (Lipinski definition) is 0. The second-order valence-corrected chi connectivity index (χ2v) is 5.10. The van der Waals surface area contributed by atoms with Gasteiger partial charge in [-0.25, -0.2) is 0 Å². The van der Waals surface area contributed by atoms with Crippen LogP contribution in [0.4, 0.5) is 0 Å². The van der Waals surface area contributed by atoms with Gasteiger partial charge in [0.15, 0.2) is 0 Å². The van der Waals surface area contributed by atoms with Crippen LogP contribution < -0.4 is 0 Å². The van der Waals surface area contributed by atoms with E-state index in [2.05, 4.69) is 59.8 Å². The minimum atomic E-state index is 0. The fourth-order valence-corrected chi connectivity index (χ4v) is 2.13. The van der Waals surface area contributed by atoms with Gasteiger partial charge < -0.3 is 0 Å². The molecular weight excluding hydrogens is 396 g/mol. The summed E-state index contributed by atoms with van der Waals surface area (Å²) in [6.45, 7) is 13.2. The van der Waals surface area contributed by atoms with Crippen LogP contribution in [0.3, 0.4) is 0 Å². The Kier molecular flexibility index (Phi) is 7.74. The Labute approximate surface area is 126 Å². The van der Waals surface area contributed by atoms with E-state index in [-0.39, 0.29) is 20.1 Å². The summed E-state index contributed by atoms with van der Waals surface area (Å²) in [5, 5.41) is 0. The van der Waals surface area contributed by atoms with Gasteiger partial charge in [0.1, 0.15) is 0 Å². The Morgan fingerprint density at radius 3 is 1.44 bits per heavy atom. The molecule has 0 aromatic carbocycles. The Hall–Kier alpha value is -0.391. The van der Waals surface area contributed by atoms with Crippen LogP contribution in [0.5, 0.6) is 0 Å². The van der Waals surface area contributed by atoms with Crippen LogP contribution in [0.1, 0.15) is 54.4 Å². The summed E-state index contributed by atoms with van der Waals surface area (Å²) in [7, 11) is 0. The smallest absolute Gasteiger partial charge is 0.0226 e. The average molecular weight is 422 g/mol. The van der Waals surface area contributed by atoms with E-state index in [1.807, 2.05) is 0 Å². The van der Waals surface area contributed by atoms with Crippen molar-refractivity contribution < 1.29 is 20.1 Å². The van der Waals surface area contributed by atoms with Crippen molar-refractivity contribution in [2.24, 2.45) is 0 Å². The van der Waals surface area contributed by atoms with Crippen molar-refractivity contribution in [1.29, 1.82) is 0 Å². The topological polar surface area (TPSA) is 0 Å². The van der Waals surface area contributed by atoms with Gasteiger partial charge in [0, 0.05) is 26.0 Å². The van der Waals surface area contributed by atoms with Crippen molar-refractivity contribution in [3.63, 3.8) is 0 Å². The molecule has 0 aliphatic heterocycles. The van der Waals surface area contributed by atoms with Gasteiger partial charge in [-0.15, -0.1) is 0 Å². The van der Waals surface area contributed by atoms with Crippen molar-refractivity contribution in [2.45, 2.75) is 54.4 Å². The zero-order valence-electron chi connectivity index (χ0n) is 12.5. The quantitative estimate of drug-likeness (QED) is 0.481. The Balaban J connectivity index is 0.000000321. The van der Waals surface area contributed by atoms with Crippen molar-refractivity contribution in [1.82, 2.24) is 0 Å². The molecule has 102 valence electrons. The molecule has 0 N–H and O–H groups in total. The van der Waals surface area contributed by atoms with E-state index in [1.165, 1.54) is 46.6 Å². The third kappa shape index (κ3) is 4.37. The summed E-state index contributed by atoms with van der Waals surface area (Å²) >= 11 is 0. The van der Waals surface area contributed by atoms with Crippen molar-refractivity contribution >= 4 is 0 Å². The second kappa shape index (κ2) is 7.92. The summed E-state index contributed by atoms with van der Waals surface area (Å²) in [5.41, 5.74) is 7.37. The predicted molar refractivity (Wildman–Crippen MR) is 77.8 cm³/mol. The fourth-order valence-electron chi connectivity index (χ4n) is 2.13.